The van der Waals surface area contributed by atoms with E-state index in [0.717, 1.165) is 15.4 Å². The molecule has 1 amide bonds. The Morgan fingerprint density at radius 1 is 0.923 bits per heavy atom. The zero-order valence-electron chi connectivity index (χ0n) is 21.3. The van der Waals surface area contributed by atoms with Gasteiger partial charge in [0.15, 0.2) is 0 Å². The van der Waals surface area contributed by atoms with Crippen LogP contribution in [0.4, 0.5) is 4.39 Å². The molecule has 4 aromatic carbocycles. The van der Waals surface area contributed by atoms with Gasteiger partial charge in [-0.25, -0.2) is 18.2 Å². The molecule has 9 heteroatoms. The summed E-state index contributed by atoms with van der Waals surface area (Å²) in [6, 6.07) is 28.8. The number of nitrogens with zero attached hydrogens (tertiary/aromatic N) is 2. The van der Waals surface area contributed by atoms with E-state index in [1.165, 1.54) is 42.6 Å². The van der Waals surface area contributed by atoms with Gasteiger partial charge < -0.3 is 4.74 Å². The molecule has 200 valence electrons. The lowest BCUT2D eigenvalue weighted by Gasteiger charge is -2.21. The highest BCUT2D eigenvalue weighted by molar-refractivity contribution is 7.89. The Balaban J connectivity index is 1.42. The van der Waals surface area contributed by atoms with Crippen LogP contribution in [0.15, 0.2) is 113 Å². The lowest BCUT2D eigenvalue weighted by atomic mass is 10.2. The number of nitrogens with one attached hydrogen (secondary N) is 1. The number of halogens is 1. The highest BCUT2D eigenvalue weighted by atomic mass is 32.2. The molecule has 0 aromatic heterocycles. The van der Waals surface area contributed by atoms with Crippen molar-refractivity contribution in [1.29, 1.82) is 0 Å². The van der Waals surface area contributed by atoms with Gasteiger partial charge in [-0.1, -0.05) is 72.3 Å². The summed E-state index contributed by atoms with van der Waals surface area (Å²) in [5, 5.41) is 3.99. The monoisotopic (exact) mass is 545 g/mol. The molecule has 0 atom stereocenters. The molecule has 7 nitrogen and oxygen atoms in total. The number of carbonyl (C=O) groups excluding carboxylic acids is 1. The number of hydrogen-bond donors (Lipinski definition) is 1. The van der Waals surface area contributed by atoms with Gasteiger partial charge in [0.2, 0.25) is 10.0 Å². The average molecular weight is 546 g/mol. The van der Waals surface area contributed by atoms with E-state index in [0.29, 0.717) is 23.5 Å². The zero-order chi connectivity index (χ0) is 27.7. The predicted octanol–water partition coefficient (Wildman–Crippen LogP) is 5.05. The maximum absolute atomic E-state index is 13.4. The molecular weight excluding hydrogens is 517 g/mol. The van der Waals surface area contributed by atoms with Crippen molar-refractivity contribution < 1.29 is 22.3 Å². The van der Waals surface area contributed by atoms with E-state index in [1.807, 2.05) is 49.4 Å². The van der Waals surface area contributed by atoms with E-state index in [4.69, 9.17) is 4.74 Å². The van der Waals surface area contributed by atoms with E-state index in [1.54, 1.807) is 24.3 Å². The molecule has 0 saturated carbocycles. The number of hydrogen-bond acceptors (Lipinski definition) is 5. The Morgan fingerprint density at radius 3 is 2.36 bits per heavy atom. The number of carbonyl (C=O) groups is 1. The normalized spacial score (nSPS) is 11.6. The second kappa shape index (κ2) is 12.9. The molecule has 0 radical (unpaired) electrons. The average Bonchev–Trinajstić information content (AvgIpc) is 2.94. The molecule has 0 bridgehead atoms. The minimum absolute atomic E-state index is 0.0545. The Labute approximate surface area is 227 Å². The van der Waals surface area contributed by atoms with Crippen LogP contribution in [0, 0.1) is 12.7 Å². The third-order valence-corrected chi connectivity index (χ3v) is 7.57. The largest absolute Gasteiger partial charge is 0.489 e. The maximum Gasteiger partial charge on any atom is 0.255 e. The molecule has 0 aliphatic carbocycles. The fraction of sp³-hybridized carbons (Fsp3) is 0.133. The fourth-order valence-corrected chi connectivity index (χ4v) is 5.06. The summed E-state index contributed by atoms with van der Waals surface area (Å²) in [5.41, 5.74) is 5.56. The number of benzene rings is 4. The second-order valence-corrected chi connectivity index (χ2v) is 10.8. The van der Waals surface area contributed by atoms with Crippen molar-refractivity contribution in [2.45, 2.75) is 25.0 Å². The molecule has 0 fully saturated rings. The third-order valence-electron chi connectivity index (χ3n) is 5.76. The van der Waals surface area contributed by atoms with Crippen molar-refractivity contribution in [3.05, 3.63) is 131 Å². The Kier molecular flexibility index (Phi) is 9.19. The topological polar surface area (TPSA) is 88.1 Å². The minimum Gasteiger partial charge on any atom is -0.489 e. The molecule has 0 spiro atoms. The molecule has 0 aliphatic heterocycles. The first kappa shape index (κ1) is 27.7. The number of amides is 1. The van der Waals surface area contributed by atoms with E-state index < -0.39 is 28.3 Å². The van der Waals surface area contributed by atoms with Crippen molar-refractivity contribution in [3.63, 3.8) is 0 Å². The van der Waals surface area contributed by atoms with Crippen molar-refractivity contribution in [1.82, 2.24) is 9.73 Å². The first-order chi connectivity index (χ1) is 18.8. The first-order valence-electron chi connectivity index (χ1n) is 12.2. The molecule has 0 saturated heterocycles. The molecule has 0 aliphatic rings. The lowest BCUT2D eigenvalue weighted by Crippen LogP contribution is -2.39. The van der Waals surface area contributed by atoms with E-state index in [9.17, 15) is 17.6 Å². The summed E-state index contributed by atoms with van der Waals surface area (Å²) in [4.78, 5) is 12.8. The van der Waals surface area contributed by atoms with Gasteiger partial charge in [0.25, 0.3) is 5.91 Å². The molecule has 0 unspecified atom stereocenters. The Bertz CT molecular complexity index is 1520. The van der Waals surface area contributed by atoms with E-state index >= 15 is 0 Å². The number of rotatable bonds is 11. The SMILES string of the molecule is Cc1ccc(S(=O)(=O)N(CC(=O)N/N=C\c2cccc(OCc3ccccc3)c2)Cc2ccc(F)cc2)cc1. The van der Waals surface area contributed by atoms with Crippen LogP contribution in [0.2, 0.25) is 0 Å². The zero-order valence-corrected chi connectivity index (χ0v) is 22.1. The smallest absolute Gasteiger partial charge is 0.255 e. The van der Waals surface area contributed by atoms with Crippen LogP contribution in [0.5, 0.6) is 5.75 Å². The van der Waals surface area contributed by atoms with Crippen molar-refractivity contribution in [3.8, 4) is 5.75 Å². The number of hydrazone groups is 1. The molecule has 4 rings (SSSR count). The van der Waals surface area contributed by atoms with E-state index in [2.05, 4.69) is 10.5 Å². The van der Waals surface area contributed by atoms with Crippen LogP contribution in [-0.4, -0.2) is 31.4 Å². The number of ether oxygens (including phenoxy) is 1. The quantitative estimate of drug-likeness (QED) is 0.211. The van der Waals surface area contributed by atoms with Gasteiger partial charge in [-0.15, -0.1) is 0 Å². The molecule has 4 aromatic rings. The highest BCUT2D eigenvalue weighted by Gasteiger charge is 2.27. The highest BCUT2D eigenvalue weighted by Crippen LogP contribution is 2.19. The Morgan fingerprint density at radius 2 is 1.64 bits per heavy atom. The molecule has 39 heavy (non-hydrogen) atoms. The maximum atomic E-state index is 13.4. The summed E-state index contributed by atoms with van der Waals surface area (Å²) in [7, 11) is -4.02. The van der Waals surface area contributed by atoms with Gasteiger partial charge in [-0.05, 0) is 60.0 Å². The van der Waals surface area contributed by atoms with Crippen LogP contribution in [0.25, 0.3) is 0 Å². The minimum atomic E-state index is -4.02. The third kappa shape index (κ3) is 8.07. The van der Waals surface area contributed by atoms with Crippen LogP contribution in [0.3, 0.4) is 0 Å². The summed E-state index contributed by atoms with van der Waals surface area (Å²) >= 11 is 0. The van der Waals surface area contributed by atoms with Gasteiger partial charge in [0, 0.05) is 6.54 Å². The summed E-state index contributed by atoms with van der Waals surface area (Å²) in [6.07, 6.45) is 1.45. The fourth-order valence-electron chi connectivity index (χ4n) is 3.68. The van der Waals surface area contributed by atoms with Gasteiger partial charge in [-0.2, -0.15) is 9.41 Å². The summed E-state index contributed by atoms with van der Waals surface area (Å²) < 4.78 is 47.0. The van der Waals surface area contributed by atoms with Gasteiger partial charge in [0.05, 0.1) is 17.7 Å². The van der Waals surface area contributed by atoms with E-state index in [-0.39, 0.29) is 11.4 Å². The lowest BCUT2D eigenvalue weighted by molar-refractivity contribution is -0.121. The summed E-state index contributed by atoms with van der Waals surface area (Å²) in [5.74, 6) is -0.419. The van der Waals surface area contributed by atoms with Crippen LogP contribution < -0.4 is 10.2 Å². The summed E-state index contributed by atoms with van der Waals surface area (Å²) in [6.45, 7) is 1.67. The molecule has 1 N–H and O–H groups in total. The van der Waals surface area contributed by atoms with Crippen LogP contribution >= 0.6 is 0 Å². The van der Waals surface area contributed by atoms with Gasteiger partial charge in [0.1, 0.15) is 18.2 Å². The second-order valence-electron chi connectivity index (χ2n) is 8.85. The van der Waals surface area contributed by atoms with Crippen molar-refractivity contribution in [2.75, 3.05) is 6.54 Å². The van der Waals surface area contributed by atoms with Gasteiger partial charge >= 0.3 is 0 Å². The van der Waals surface area contributed by atoms with Crippen LogP contribution in [0.1, 0.15) is 22.3 Å². The number of aryl methyl sites for hydroxylation is 1. The molecular formula is C30H28FN3O4S. The Hall–Kier alpha value is -4.34. The van der Waals surface area contributed by atoms with Gasteiger partial charge in [-0.3, -0.25) is 4.79 Å². The van der Waals surface area contributed by atoms with Crippen molar-refractivity contribution >= 4 is 22.1 Å². The molecule has 0 heterocycles. The standard InChI is InChI=1S/C30H28FN3O4S/c1-23-10-16-29(17-11-23)39(36,37)34(20-24-12-14-27(31)15-13-24)21-30(35)33-32-19-26-8-5-9-28(18-26)38-22-25-6-3-2-4-7-25/h2-19H,20-22H2,1H3,(H,33,35)/b32-19-. The van der Waals surface area contributed by atoms with Crippen LogP contribution in [-0.2, 0) is 28.0 Å². The van der Waals surface area contributed by atoms with Crippen molar-refractivity contribution in [2.24, 2.45) is 5.10 Å². The number of sulfonamides is 1. The predicted molar refractivity (Wildman–Crippen MR) is 148 cm³/mol. The first-order valence-corrected chi connectivity index (χ1v) is 13.6.